The molecular formula is C8H9NO2. The van der Waals surface area contributed by atoms with E-state index in [1.54, 1.807) is 6.07 Å². The monoisotopic (exact) mass is 151 g/mol. The van der Waals surface area contributed by atoms with Gasteiger partial charge in [-0.1, -0.05) is 6.58 Å². The fourth-order valence-electron chi connectivity index (χ4n) is 0.793. The molecule has 0 aromatic heterocycles. The number of aromatic hydroxyl groups is 1. The number of rotatable bonds is 1. The third-order valence-electron chi connectivity index (χ3n) is 1.33. The third-order valence-corrected chi connectivity index (χ3v) is 1.33. The molecule has 0 heterocycles. The van der Waals surface area contributed by atoms with Gasteiger partial charge in [0.05, 0.1) is 5.56 Å². The summed E-state index contributed by atoms with van der Waals surface area (Å²) < 4.78 is 0. The Kier molecular flexibility index (Phi) is 1.72. The van der Waals surface area contributed by atoms with Gasteiger partial charge in [0.15, 0.2) is 0 Å². The van der Waals surface area contributed by atoms with Crippen molar-refractivity contribution in [3.8, 4) is 5.75 Å². The Morgan fingerprint density at radius 1 is 1.45 bits per heavy atom. The molecular weight excluding hydrogens is 142 g/mol. The van der Waals surface area contributed by atoms with Crippen LogP contribution in [-0.2, 0) is 0 Å². The number of hydrogen-bond donors (Lipinski definition) is 3. The number of benzene rings is 1. The highest BCUT2D eigenvalue weighted by Crippen LogP contribution is 2.24. The fourth-order valence-corrected chi connectivity index (χ4v) is 0.793. The molecule has 1 rings (SSSR count). The van der Waals surface area contributed by atoms with Crippen molar-refractivity contribution in [1.82, 2.24) is 0 Å². The largest absolute Gasteiger partial charge is 0.508 e. The van der Waals surface area contributed by atoms with Gasteiger partial charge in [0, 0.05) is 11.8 Å². The lowest BCUT2D eigenvalue weighted by Crippen LogP contribution is -1.87. The van der Waals surface area contributed by atoms with Crippen molar-refractivity contribution in [2.45, 2.75) is 0 Å². The van der Waals surface area contributed by atoms with E-state index in [9.17, 15) is 0 Å². The molecule has 0 fully saturated rings. The van der Waals surface area contributed by atoms with E-state index in [-0.39, 0.29) is 11.5 Å². The summed E-state index contributed by atoms with van der Waals surface area (Å²) in [5.41, 5.74) is 6.11. The first-order valence-electron chi connectivity index (χ1n) is 3.08. The van der Waals surface area contributed by atoms with E-state index in [2.05, 4.69) is 6.58 Å². The van der Waals surface area contributed by atoms with Crippen LogP contribution in [-0.4, -0.2) is 10.2 Å². The van der Waals surface area contributed by atoms with Crippen molar-refractivity contribution in [3.05, 3.63) is 30.3 Å². The van der Waals surface area contributed by atoms with E-state index in [1.807, 2.05) is 0 Å². The molecule has 0 saturated heterocycles. The van der Waals surface area contributed by atoms with E-state index in [0.717, 1.165) is 0 Å². The van der Waals surface area contributed by atoms with Gasteiger partial charge in [-0.25, -0.2) is 0 Å². The quantitative estimate of drug-likeness (QED) is 0.421. The van der Waals surface area contributed by atoms with Crippen LogP contribution >= 0.6 is 0 Å². The van der Waals surface area contributed by atoms with Crippen LogP contribution in [0, 0.1) is 0 Å². The Morgan fingerprint density at radius 2 is 2.09 bits per heavy atom. The molecule has 0 aliphatic rings. The summed E-state index contributed by atoms with van der Waals surface area (Å²) in [6.07, 6.45) is 0. The lowest BCUT2D eigenvalue weighted by atomic mass is 10.1. The number of nitrogen functional groups attached to an aromatic ring is 1. The first kappa shape index (κ1) is 7.47. The van der Waals surface area contributed by atoms with Gasteiger partial charge in [-0.05, 0) is 12.1 Å². The van der Waals surface area contributed by atoms with Crippen molar-refractivity contribution in [1.29, 1.82) is 0 Å². The summed E-state index contributed by atoms with van der Waals surface area (Å²) in [6, 6.07) is 4.44. The van der Waals surface area contributed by atoms with Gasteiger partial charge >= 0.3 is 0 Å². The van der Waals surface area contributed by atoms with Crippen LogP contribution in [0.3, 0.4) is 0 Å². The fraction of sp³-hybridized carbons (Fsp3) is 0. The molecule has 0 bridgehead atoms. The zero-order valence-electron chi connectivity index (χ0n) is 5.91. The molecule has 0 saturated carbocycles. The van der Waals surface area contributed by atoms with Gasteiger partial charge in [0.2, 0.25) is 0 Å². The highest BCUT2D eigenvalue weighted by molar-refractivity contribution is 5.65. The highest BCUT2D eigenvalue weighted by Gasteiger charge is 2.02. The lowest BCUT2D eigenvalue weighted by Gasteiger charge is -2.02. The van der Waals surface area contributed by atoms with Crippen LogP contribution in [0.15, 0.2) is 24.8 Å². The number of aliphatic hydroxyl groups is 1. The first-order valence-corrected chi connectivity index (χ1v) is 3.08. The van der Waals surface area contributed by atoms with E-state index < -0.39 is 0 Å². The number of hydrogen-bond acceptors (Lipinski definition) is 3. The standard InChI is InChI=1S/C8H9NO2/c1-5(10)7-3-2-6(9)4-8(7)11/h2-4,10-11H,1,9H2. The molecule has 3 heteroatoms. The number of nitrogens with two attached hydrogens (primary N) is 1. The molecule has 4 N–H and O–H groups in total. The van der Waals surface area contributed by atoms with Gasteiger partial charge in [0.25, 0.3) is 0 Å². The minimum absolute atomic E-state index is 0.0579. The van der Waals surface area contributed by atoms with E-state index in [0.29, 0.717) is 11.3 Å². The maximum atomic E-state index is 9.16. The van der Waals surface area contributed by atoms with Gasteiger partial charge < -0.3 is 15.9 Å². The number of anilines is 1. The minimum Gasteiger partial charge on any atom is -0.508 e. The normalized spacial score (nSPS) is 9.45. The molecule has 1 aromatic rings. The summed E-state index contributed by atoms with van der Waals surface area (Å²) in [5, 5.41) is 18.1. The number of phenols is 1. The summed E-state index contributed by atoms with van der Waals surface area (Å²) in [7, 11) is 0. The zero-order chi connectivity index (χ0) is 8.43. The second-order valence-electron chi connectivity index (χ2n) is 2.22. The van der Waals surface area contributed by atoms with Crippen molar-refractivity contribution >= 4 is 11.4 Å². The summed E-state index contributed by atoms with van der Waals surface area (Å²) in [5.74, 6) is -0.222. The lowest BCUT2D eigenvalue weighted by molar-refractivity contribution is 0.461. The Labute approximate surface area is 64.4 Å². The van der Waals surface area contributed by atoms with Crippen molar-refractivity contribution in [2.75, 3.05) is 5.73 Å². The van der Waals surface area contributed by atoms with Gasteiger partial charge in [-0.2, -0.15) is 0 Å². The molecule has 0 amide bonds. The molecule has 0 aliphatic heterocycles. The summed E-state index contributed by atoms with van der Waals surface area (Å²) >= 11 is 0. The molecule has 0 radical (unpaired) electrons. The van der Waals surface area contributed by atoms with Crippen LogP contribution in [0.5, 0.6) is 5.75 Å². The second kappa shape index (κ2) is 2.54. The molecule has 11 heavy (non-hydrogen) atoms. The highest BCUT2D eigenvalue weighted by atomic mass is 16.3. The van der Waals surface area contributed by atoms with Crippen LogP contribution in [0.1, 0.15) is 5.56 Å². The van der Waals surface area contributed by atoms with Crippen LogP contribution in [0.2, 0.25) is 0 Å². The SMILES string of the molecule is C=C(O)c1ccc(N)cc1O. The Bertz CT molecular complexity index is 294. The molecule has 3 nitrogen and oxygen atoms in total. The first-order chi connectivity index (χ1) is 5.11. The van der Waals surface area contributed by atoms with Gasteiger partial charge in [0.1, 0.15) is 11.5 Å². The van der Waals surface area contributed by atoms with Crippen molar-refractivity contribution in [2.24, 2.45) is 0 Å². The predicted molar refractivity (Wildman–Crippen MR) is 44.2 cm³/mol. The van der Waals surface area contributed by atoms with Crippen molar-refractivity contribution < 1.29 is 10.2 Å². The van der Waals surface area contributed by atoms with E-state index >= 15 is 0 Å². The Morgan fingerprint density at radius 3 is 2.55 bits per heavy atom. The summed E-state index contributed by atoms with van der Waals surface area (Å²) in [4.78, 5) is 0. The Balaban J connectivity index is 3.20. The number of phenolic OH excluding ortho intramolecular Hbond substituents is 1. The van der Waals surface area contributed by atoms with Gasteiger partial charge in [-0.15, -0.1) is 0 Å². The minimum atomic E-state index is -0.164. The van der Waals surface area contributed by atoms with Crippen LogP contribution in [0.25, 0.3) is 5.76 Å². The third kappa shape index (κ3) is 1.43. The molecule has 58 valence electrons. The predicted octanol–water partition coefficient (Wildman–Crippen LogP) is 1.50. The maximum Gasteiger partial charge on any atom is 0.128 e. The maximum absolute atomic E-state index is 9.16. The van der Waals surface area contributed by atoms with E-state index in [1.165, 1.54) is 12.1 Å². The van der Waals surface area contributed by atoms with Crippen LogP contribution in [0.4, 0.5) is 5.69 Å². The van der Waals surface area contributed by atoms with E-state index in [4.69, 9.17) is 15.9 Å². The Hall–Kier alpha value is -1.64. The molecule has 0 aliphatic carbocycles. The molecule has 0 unspecified atom stereocenters. The average Bonchev–Trinajstić information content (AvgIpc) is 1.85. The topological polar surface area (TPSA) is 66.5 Å². The molecule has 1 aromatic carbocycles. The van der Waals surface area contributed by atoms with Crippen molar-refractivity contribution in [3.63, 3.8) is 0 Å². The second-order valence-corrected chi connectivity index (χ2v) is 2.22. The zero-order valence-corrected chi connectivity index (χ0v) is 5.91. The summed E-state index contributed by atoms with van der Waals surface area (Å²) in [6.45, 7) is 3.27. The molecule has 0 spiro atoms. The average molecular weight is 151 g/mol. The van der Waals surface area contributed by atoms with Gasteiger partial charge in [-0.3, -0.25) is 0 Å². The molecule has 0 atom stereocenters. The smallest absolute Gasteiger partial charge is 0.128 e. The number of aliphatic hydroxyl groups excluding tert-OH is 1. The van der Waals surface area contributed by atoms with Crippen LogP contribution < -0.4 is 5.73 Å².